The van der Waals surface area contributed by atoms with Crippen LogP contribution in [0.1, 0.15) is 0 Å². The van der Waals surface area contributed by atoms with Gasteiger partial charge in [-0.3, -0.25) is 4.79 Å². The van der Waals surface area contributed by atoms with Gasteiger partial charge in [-0.05, 0) is 30.3 Å². The molecule has 0 bridgehead atoms. The predicted molar refractivity (Wildman–Crippen MR) is 97.3 cm³/mol. The smallest absolute Gasteiger partial charge is 0.320 e. The fraction of sp³-hybridized carbons (Fsp3) is 0.222. The molecule has 1 heterocycles. The Balaban J connectivity index is 1.63. The maximum Gasteiger partial charge on any atom is 0.320 e. The zero-order valence-electron chi connectivity index (χ0n) is 14.1. The lowest BCUT2D eigenvalue weighted by Crippen LogP contribution is -2.48. The van der Waals surface area contributed by atoms with Crippen molar-refractivity contribution in [2.45, 2.75) is 6.04 Å². The van der Waals surface area contributed by atoms with Gasteiger partial charge < -0.3 is 25.6 Å². The van der Waals surface area contributed by atoms with Gasteiger partial charge >= 0.3 is 6.03 Å². The zero-order valence-corrected chi connectivity index (χ0v) is 14.1. The largest absolute Gasteiger partial charge is 0.489 e. The maximum atomic E-state index is 12.3. The molecule has 0 radical (unpaired) electrons. The first-order valence-corrected chi connectivity index (χ1v) is 7.90. The van der Waals surface area contributed by atoms with Crippen molar-refractivity contribution in [2.75, 3.05) is 36.2 Å². The number of benzene rings is 2. The van der Waals surface area contributed by atoms with Gasteiger partial charge in [-0.1, -0.05) is 18.2 Å². The second kappa shape index (κ2) is 7.12. The minimum Gasteiger partial charge on any atom is -0.489 e. The first-order chi connectivity index (χ1) is 12.0. The molecule has 7 nitrogen and oxygen atoms in total. The minimum atomic E-state index is -0.788. The van der Waals surface area contributed by atoms with Gasteiger partial charge in [0.05, 0.1) is 5.69 Å². The van der Waals surface area contributed by atoms with Crippen LogP contribution in [-0.2, 0) is 4.79 Å². The Labute approximate surface area is 146 Å². The molecule has 1 atom stereocenters. The van der Waals surface area contributed by atoms with Crippen molar-refractivity contribution in [2.24, 2.45) is 0 Å². The molecule has 7 heteroatoms. The van der Waals surface area contributed by atoms with Gasteiger partial charge in [0.25, 0.3) is 5.91 Å². The number of hydrogen-bond acceptors (Lipinski definition) is 4. The molecule has 130 valence electrons. The van der Waals surface area contributed by atoms with Crippen LogP contribution in [0.5, 0.6) is 5.75 Å². The summed E-state index contributed by atoms with van der Waals surface area (Å²) in [7, 11) is 3.84. The molecule has 25 heavy (non-hydrogen) atoms. The Morgan fingerprint density at radius 1 is 1.20 bits per heavy atom. The summed E-state index contributed by atoms with van der Waals surface area (Å²) in [6, 6.07) is 13.3. The molecule has 2 aromatic rings. The van der Waals surface area contributed by atoms with Crippen LogP contribution >= 0.6 is 0 Å². The Bertz CT molecular complexity index is 791. The van der Waals surface area contributed by atoms with Crippen molar-refractivity contribution in [1.29, 1.82) is 0 Å². The molecule has 2 aromatic carbocycles. The van der Waals surface area contributed by atoms with Gasteiger partial charge in [0.1, 0.15) is 18.4 Å². The van der Waals surface area contributed by atoms with E-state index in [1.165, 1.54) is 0 Å². The third-order valence-electron chi connectivity index (χ3n) is 3.79. The average molecular weight is 340 g/mol. The van der Waals surface area contributed by atoms with Gasteiger partial charge in [0.15, 0.2) is 0 Å². The Morgan fingerprint density at radius 3 is 2.80 bits per heavy atom. The number of hydrogen-bond donors (Lipinski definition) is 3. The van der Waals surface area contributed by atoms with Crippen LogP contribution in [0.15, 0.2) is 48.5 Å². The van der Waals surface area contributed by atoms with Crippen molar-refractivity contribution in [3.63, 3.8) is 0 Å². The molecule has 0 aromatic heterocycles. The zero-order chi connectivity index (χ0) is 17.8. The number of carbonyl (C=O) groups is 2. The average Bonchev–Trinajstić information content (AvgIpc) is 2.74. The lowest BCUT2D eigenvalue weighted by molar-refractivity contribution is -0.118. The molecule has 0 aliphatic carbocycles. The maximum absolute atomic E-state index is 12.3. The van der Waals surface area contributed by atoms with E-state index < -0.39 is 12.1 Å². The van der Waals surface area contributed by atoms with Crippen molar-refractivity contribution in [3.05, 3.63) is 48.5 Å². The lowest BCUT2D eigenvalue weighted by atomic mass is 10.2. The van der Waals surface area contributed by atoms with E-state index in [0.717, 1.165) is 5.69 Å². The molecule has 0 saturated heterocycles. The molecule has 3 rings (SSSR count). The number of nitrogens with zero attached hydrogens (tertiary/aromatic N) is 1. The monoisotopic (exact) mass is 340 g/mol. The van der Waals surface area contributed by atoms with Crippen LogP contribution in [0.4, 0.5) is 21.9 Å². The molecule has 0 fully saturated rings. The van der Waals surface area contributed by atoms with E-state index >= 15 is 0 Å². The van der Waals surface area contributed by atoms with Crippen LogP contribution in [0.25, 0.3) is 0 Å². The first-order valence-electron chi connectivity index (χ1n) is 7.90. The highest BCUT2D eigenvalue weighted by molar-refractivity contribution is 6.00. The Kier molecular flexibility index (Phi) is 4.74. The molecule has 0 spiro atoms. The molecule has 1 aliphatic rings. The fourth-order valence-electron chi connectivity index (χ4n) is 2.46. The summed E-state index contributed by atoms with van der Waals surface area (Å²) in [6.07, 6.45) is 0. The number of carbonyl (C=O) groups excluding carboxylic acids is 2. The summed E-state index contributed by atoms with van der Waals surface area (Å²) in [5.74, 6) is 0.265. The molecule has 3 amide bonds. The third-order valence-corrected chi connectivity index (χ3v) is 3.79. The van der Waals surface area contributed by atoms with Crippen LogP contribution < -0.4 is 25.6 Å². The fourth-order valence-corrected chi connectivity index (χ4v) is 2.46. The number of urea groups is 1. The number of amides is 3. The summed E-state index contributed by atoms with van der Waals surface area (Å²) in [5, 5.41) is 8.13. The first kappa shape index (κ1) is 16.6. The summed E-state index contributed by atoms with van der Waals surface area (Å²) < 4.78 is 5.60. The SMILES string of the molecule is CN(C)c1cccc(NC(=O)N[C@@H]2COc3ccccc3NC2=O)c1. The van der Waals surface area contributed by atoms with Crippen LogP contribution in [0.3, 0.4) is 0 Å². The van der Waals surface area contributed by atoms with E-state index in [2.05, 4.69) is 16.0 Å². The highest BCUT2D eigenvalue weighted by atomic mass is 16.5. The number of fused-ring (bicyclic) bond motifs is 1. The topological polar surface area (TPSA) is 82.7 Å². The van der Waals surface area contributed by atoms with Crippen molar-refractivity contribution in [1.82, 2.24) is 5.32 Å². The lowest BCUT2D eigenvalue weighted by Gasteiger charge is -2.17. The molecule has 0 saturated carbocycles. The van der Waals surface area contributed by atoms with Crippen LogP contribution in [0.2, 0.25) is 0 Å². The van der Waals surface area contributed by atoms with E-state index in [0.29, 0.717) is 17.1 Å². The highest BCUT2D eigenvalue weighted by Crippen LogP contribution is 2.26. The molecule has 1 aliphatic heterocycles. The summed E-state index contributed by atoms with van der Waals surface area (Å²) in [4.78, 5) is 26.4. The normalized spacial score (nSPS) is 15.9. The molecule has 3 N–H and O–H groups in total. The summed E-state index contributed by atoms with van der Waals surface area (Å²) in [5.41, 5.74) is 2.20. The number of ether oxygens (including phenoxy) is 1. The second-order valence-corrected chi connectivity index (χ2v) is 5.89. The summed E-state index contributed by atoms with van der Waals surface area (Å²) >= 11 is 0. The molecular weight excluding hydrogens is 320 g/mol. The Morgan fingerprint density at radius 2 is 2.00 bits per heavy atom. The van der Waals surface area contributed by atoms with Gasteiger partial charge in [0, 0.05) is 25.5 Å². The summed E-state index contributed by atoms with van der Waals surface area (Å²) in [6.45, 7) is 0.0635. The second-order valence-electron chi connectivity index (χ2n) is 5.89. The quantitative estimate of drug-likeness (QED) is 0.800. The number of para-hydroxylation sites is 2. The van der Waals surface area contributed by atoms with E-state index in [-0.39, 0.29) is 12.5 Å². The number of anilines is 3. The van der Waals surface area contributed by atoms with E-state index in [1.807, 2.05) is 43.3 Å². The van der Waals surface area contributed by atoms with E-state index in [9.17, 15) is 9.59 Å². The molecular formula is C18H20N4O3. The number of nitrogens with one attached hydrogen (secondary N) is 3. The van der Waals surface area contributed by atoms with E-state index in [4.69, 9.17) is 4.74 Å². The highest BCUT2D eigenvalue weighted by Gasteiger charge is 2.26. The van der Waals surface area contributed by atoms with Crippen LogP contribution in [-0.4, -0.2) is 38.7 Å². The van der Waals surface area contributed by atoms with Gasteiger partial charge in [-0.2, -0.15) is 0 Å². The third kappa shape index (κ3) is 4.00. The minimum absolute atomic E-state index is 0.0635. The molecule has 0 unspecified atom stereocenters. The van der Waals surface area contributed by atoms with Gasteiger partial charge in [-0.15, -0.1) is 0 Å². The standard InChI is InChI=1S/C18H20N4O3/c1-22(2)13-7-5-6-12(10-13)19-18(24)21-15-11-25-16-9-4-3-8-14(16)20-17(15)23/h3-10,15H,11H2,1-2H3,(H,20,23)(H2,19,21,24)/t15-/m1/s1. The van der Waals surface area contributed by atoms with Crippen LogP contribution in [0, 0.1) is 0 Å². The van der Waals surface area contributed by atoms with Crippen molar-refractivity contribution in [3.8, 4) is 5.75 Å². The van der Waals surface area contributed by atoms with Crippen molar-refractivity contribution >= 4 is 29.0 Å². The number of rotatable bonds is 3. The predicted octanol–water partition coefficient (Wildman–Crippen LogP) is 2.27. The van der Waals surface area contributed by atoms with Gasteiger partial charge in [0.2, 0.25) is 0 Å². The van der Waals surface area contributed by atoms with E-state index in [1.54, 1.807) is 24.3 Å². The van der Waals surface area contributed by atoms with Crippen molar-refractivity contribution < 1.29 is 14.3 Å². The van der Waals surface area contributed by atoms with Gasteiger partial charge in [-0.25, -0.2) is 4.79 Å². The Hall–Kier alpha value is -3.22.